The highest BCUT2D eigenvalue weighted by Gasteiger charge is 2.25. The maximum atomic E-state index is 12.3. The number of hydrogen-bond acceptors (Lipinski definition) is 4. The summed E-state index contributed by atoms with van der Waals surface area (Å²) >= 11 is 10.3. The van der Waals surface area contributed by atoms with E-state index in [9.17, 15) is 13.9 Å². The molecule has 3 aromatic rings. The maximum absolute atomic E-state index is 12.3. The summed E-state index contributed by atoms with van der Waals surface area (Å²) in [5, 5.41) is 14.0. The van der Waals surface area contributed by atoms with Crippen molar-refractivity contribution in [2.24, 2.45) is 0 Å². The Kier molecular flexibility index (Phi) is 6.94. The Morgan fingerprint density at radius 2 is 1.93 bits per heavy atom. The van der Waals surface area contributed by atoms with Gasteiger partial charge in [0.1, 0.15) is 5.75 Å². The molecule has 0 fully saturated rings. The highest BCUT2D eigenvalue weighted by atomic mass is 79.9. The molecular formula is C20H16BrF2N2O2S2+. The van der Waals surface area contributed by atoms with Crippen molar-refractivity contribution < 1.29 is 23.2 Å². The van der Waals surface area contributed by atoms with Crippen molar-refractivity contribution in [3.63, 3.8) is 0 Å². The Balaban J connectivity index is 1.95. The molecule has 2 aromatic heterocycles. The first-order valence-corrected chi connectivity index (χ1v) is 10.4. The Morgan fingerprint density at radius 1 is 1.21 bits per heavy atom. The third kappa shape index (κ3) is 5.59. The number of thiocarbonyl (C=S) groups is 1. The molecule has 0 spiro atoms. The SMILES string of the molecule is Cc1ccc[n+](/C(C(=S)Nc2ccc(OC(F)F)cc2)=C(/O)c2ccc(Br)s2)c1. The first-order valence-electron chi connectivity index (χ1n) is 8.37. The monoisotopic (exact) mass is 497 g/mol. The van der Waals surface area contributed by atoms with Crippen molar-refractivity contribution in [2.75, 3.05) is 5.32 Å². The molecule has 0 saturated carbocycles. The number of benzene rings is 1. The summed E-state index contributed by atoms with van der Waals surface area (Å²) in [6, 6.07) is 13.4. The largest absolute Gasteiger partial charge is 0.501 e. The van der Waals surface area contributed by atoms with E-state index in [2.05, 4.69) is 26.0 Å². The Labute approximate surface area is 184 Å². The van der Waals surface area contributed by atoms with E-state index in [0.717, 1.165) is 9.35 Å². The van der Waals surface area contributed by atoms with Crippen LogP contribution in [-0.2, 0) is 0 Å². The predicted molar refractivity (Wildman–Crippen MR) is 118 cm³/mol. The van der Waals surface area contributed by atoms with Gasteiger partial charge in [-0.3, -0.25) is 0 Å². The quantitative estimate of drug-likeness (QED) is 0.189. The van der Waals surface area contributed by atoms with Crippen LogP contribution in [0.2, 0.25) is 0 Å². The van der Waals surface area contributed by atoms with Gasteiger partial charge in [0.05, 0.1) is 8.66 Å². The highest BCUT2D eigenvalue weighted by molar-refractivity contribution is 9.11. The fourth-order valence-corrected chi connectivity index (χ4v) is 4.20. The second-order valence-electron chi connectivity index (χ2n) is 5.95. The van der Waals surface area contributed by atoms with E-state index in [4.69, 9.17) is 12.2 Å². The molecule has 0 radical (unpaired) electrons. The van der Waals surface area contributed by atoms with Gasteiger partial charge in [0.15, 0.2) is 17.4 Å². The number of ether oxygens (including phenoxy) is 1. The molecule has 0 aliphatic rings. The second-order valence-corrected chi connectivity index (χ2v) is 8.82. The molecule has 0 bridgehead atoms. The number of aryl methyl sites for hydroxylation is 1. The van der Waals surface area contributed by atoms with Crippen LogP contribution in [0.4, 0.5) is 14.5 Å². The summed E-state index contributed by atoms with van der Waals surface area (Å²) < 4.78 is 31.6. The van der Waals surface area contributed by atoms with Crippen molar-refractivity contribution in [1.29, 1.82) is 0 Å². The summed E-state index contributed by atoms with van der Waals surface area (Å²) in [7, 11) is 0. The van der Waals surface area contributed by atoms with Gasteiger partial charge < -0.3 is 15.2 Å². The van der Waals surface area contributed by atoms with E-state index < -0.39 is 6.61 Å². The van der Waals surface area contributed by atoms with Gasteiger partial charge in [-0.15, -0.1) is 11.3 Å². The number of rotatable bonds is 6. The van der Waals surface area contributed by atoms with Crippen LogP contribution in [0.3, 0.4) is 0 Å². The number of thiophene rings is 1. The van der Waals surface area contributed by atoms with Crippen LogP contribution in [-0.4, -0.2) is 16.7 Å². The second kappa shape index (κ2) is 9.43. The minimum absolute atomic E-state index is 0.0199. The third-order valence-electron chi connectivity index (χ3n) is 3.79. The van der Waals surface area contributed by atoms with Gasteiger partial charge in [-0.25, -0.2) is 0 Å². The molecule has 2 heterocycles. The lowest BCUT2D eigenvalue weighted by Crippen LogP contribution is -2.38. The molecule has 4 nitrogen and oxygen atoms in total. The molecule has 0 atom stereocenters. The zero-order valence-electron chi connectivity index (χ0n) is 15.1. The molecular weight excluding hydrogens is 482 g/mol. The molecule has 0 saturated heterocycles. The number of anilines is 1. The Hall–Kier alpha value is -2.36. The van der Waals surface area contributed by atoms with Crippen LogP contribution in [0.25, 0.3) is 11.5 Å². The summed E-state index contributed by atoms with van der Waals surface area (Å²) in [5.41, 5.74) is 1.95. The lowest BCUT2D eigenvalue weighted by molar-refractivity contribution is -0.576. The average molecular weight is 498 g/mol. The van der Waals surface area contributed by atoms with Gasteiger partial charge in [0.2, 0.25) is 5.76 Å². The van der Waals surface area contributed by atoms with Gasteiger partial charge in [-0.2, -0.15) is 13.3 Å². The third-order valence-corrected chi connectivity index (χ3v) is 5.72. The first-order chi connectivity index (χ1) is 13.8. The fraction of sp³-hybridized carbons (Fsp3) is 0.100. The number of nitrogens with zero attached hydrogens (tertiary/aromatic N) is 1. The topological polar surface area (TPSA) is 45.4 Å². The molecule has 9 heteroatoms. The van der Waals surface area contributed by atoms with E-state index in [1.54, 1.807) is 29.0 Å². The number of aromatic nitrogens is 1. The van der Waals surface area contributed by atoms with E-state index >= 15 is 0 Å². The number of pyridine rings is 1. The van der Waals surface area contributed by atoms with Crippen molar-refractivity contribution in [1.82, 2.24) is 0 Å². The number of hydrogen-bond donors (Lipinski definition) is 2. The Morgan fingerprint density at radius 3 is 2.52 bits per heavy atom. The number of aliphatic hydroxyl groups excluding tert-OH is 1. The van der Waals surface area contributed by atoms with Gasteiger partial charge in [0, 0.05) is 17.3 Å². The van der Waals surface area contributed by atoms with Gasteiger partial charge >= 0.3 is 6.61 Å². The number of aliphatic hydroxyl groups is 1. The van der Waals surface area contributed by atoms with Crippen LogP contribution in [0.1, 0.15) is 10.4 Å². The van der Waals surface area contributed by atoms with E-state index in [1.807, 2.05) is 31.3 Å². The molecule has 0 aliphatic carbocycles. The molecule has 0 unspecified atom stereocenters. The molecule has 3 rings (SSSR count). The lowest BCUT2D eigenvalue weighted by atomic mass is 10.2. The smallest absolute Gasteiger partial charge is 0.387 e. The molecule has 150 valence electrons. The maximum Gasteiger partial charge on any atom is 0.387 e. The van der Waals surface area contributed by atoms with Gasteiger partial charge in [-0.05, 0) is 65.3 Å². The van der Waals surface area contributed by atoms with Crippen LogP contribution in [0, 0.1) is 6.92 Å². The minimum atomic E-state index is -2.88. The molecule has 1 aromatic carbocycles. The van der Waals surface area contributed by atoms with Crippen LogP contribution in [0.5, 0.6) is 5.75 Å². The number of alkyl halides is 2. The van der Waals surface area contributed by atoms with E-state index in [1.165, 1.54) is 23.5 Å². The molecule has 29 heavy (non-hydrogen) atoms. The van der Waals surface area contributed by atoms with Crippen LogP contribution in [0.15, 0.2) is 64.7 Å². The Bertz CT molecular complexity index is 1050. The highest BCUT2D eigenvalue weighted by Crippen LogP contribution is 2.29. The van der Waals surface area contributed by atoms with Gasteiger partial charge in [-0.1, -0.05) is 12.2 Å². The van der Waals surface area contributed by atoms with E-state index in [0.29, 0.717) is 16.3 Å². The summed E-state index contributed by atoms with van der Waals surface area (Å²) in [6.45, 7) is -0.949. The van der Waals surface area contributed by atoms with Crippen molar-refractivity contribution >= 4 is 61.6 Å². The lowest BCUT2D eigenvalue weighted by Gasteiger charge is -2.10. The standard InChI is InChI=1S/C20H15BrF2N2O2S2/c1-12-3-2-10-25(11-12)17(18(26)15-8-9-16(21)29-15)19(28)24-13-4-6-14(7-5-13)27-20(22)23/h2-11,20H,1H3,(H-,24,26,28)/p+1. The van der Waals surface area contributed by atoms with Crippen LogP contribution >= 0.6 is 39.5 Å². The predicted octanol–water partition coefficient (Wildman–Crippen LogP) is 6.03. The van der Waals surface area contributed by atoms with Crippen LogP contribution < -0.4 is 14.6 Å². The zero-order valence-corrected chi connectivity index (χ0v) is 18.3. The van der Waals surface area contributed by atoms with Crippen molar-refractivity contribution in [3.05, 3.63) is 75.2 Å². The summed E-state index contributed by atoms with van der Waals surface area (Å²) in [6.07, 6.45) is 3.64. The molecule has 2 N–H and O–H groups in total. The average Bonchev–Trinajstić information content (AvgIpc) is 3.09. The van der Waals surface area contributed by atoms with Crippen molar-refractivity contribution in [2.45, 2.75) is 13.5 Å². The number of nitrogens with one attached hydrogen (secondary N) is 1. The fourth-order valence-electron chi connectivity index (χ4n) is 2.55. The number of halogens is 3. The van der Waals surface area contributed by atoms with Gasteiger partial charge in [0.25, 0.3) is 5.70 Å². The zero-order chi connectivity index (χ0) is 21.0. The van der Waals surface area contributed by atoms with E-state index in [-0.39, 0.29) is 16.5 Å². The normalized spacial score (nSPS) is 11.9. The van der Waals surface area contributed by atoms with Crippen molar-refractivity contribution in [3.8, 4) is 5.75 Å². The minimum Gasteiger partial charge on any atom is -0.501 e. The molecule has 0 amide bonds. The summed E-state index contributed by atoms with van der Waals surface area (Å²) in [4.78, 5) is 0.913. The first kappa shape index (κ1) is 21.4. The molecule has 0 aliphatic heterocycles. The summed E-state index contributed by atoms with van der Waals surface area (Å²) in [5.74, 6) is 0.0676.